The van der Waals surface area contributed by atoms with Gasteiger partial charge < -0.3 is 19.6 Å². The first-order chi connectivity index (χ1) is 17.9. The molecular weight excluding hydrogens is 518 g/mol. The number of ether oxygens (including phenoxy) is 1. The number of hydrogen-bond acceptors (Lipinski definition) is 5. The maximum Gasteiger partial charge on any atom is 0.387 e. The number of carbonyl (C=O) groups excluding carboxylic acids is 1. The average molecular weight is 551 g/mol. The Hall–Kier alpha value is -3.25. The molecule has 0 bridgehead atoms. The lowest BCUT2D eigenvalue weighted by Crippen LogP contribution is -2.39. The van der Waals surface area contributed by atoms with Crippen LogP contribution in [0.4, 0.5) is 8.78 Å². The van der Waals surface area contributed by atoms with Crippen molar-refractivity contribution < 1.29 is 26.7 Å². The van der Waals surface area contributed by atoms with Crippen molar-refractivity contribution in [3.63, 3.8) is 0 Å². The van der Waals surface area contributed by atoms with Gasteiger partial charge in [0, 0.05) is 47.5 Å². The molecule has 0 saturated carbocycles. The molecule has 1 aromatic carbocycles. The van der Waals surface area contributed by atoms with E-state index in [2.05, 4.69) is 26.5 Å². The monoisotopic (exact) mass is 550 g/mol. The number of aromatic nitrogens is 2. The first kappa shape index (κ1) is 27.8. The Morgan fingerprint density at radius 1 is 1.21 bits per heavy atom. The van der Waals surface area contributed by atoms with Crippen molar-refractivity contribution >= 4 is 26.8 Å². The first-order valence-electron chi connectivity index (χ1n) is 12.4. The van der Waals surface area contributed by atoms with Crippen molar-refractivity contribution in [1.82, 2.24) is 19.2 Å². The summed E-state index contributed by atoms with van der Waals surface area (Å²) in [5, 5.41) is 3.43. The predicted octanol–water partition coefficient (Wildman–Crippen LogP) is 3.71. The third kappa shape index (κ3) is 5.60. The Balaban J connectivity index is 1.62. The number of hydrogen-bond donors (Lipinski definition) is 2. The summed E-state index contributed by atoms with van der Waals surface area (Å²) in [6.45, 7) is 2.96. The van der Waals surface area contributed by atoms with Crippen molar-refractivity contribution in [2.24, 2.45) is 5.92 Å². The molecule has 2 aromatic heterocycles. The van der Waals surface area contributed by atoms with Crippen molar-refractivity contribution in [3.8, 4) is 5.75 Å². The number of sulfonamides is 1. The summed E-state index contributed by atoms with van der Waals surface area (Å²) in [6, 6.07) is 8.78. The third-order valence-electron chi connectivity index (χ3n) is 7.31. The second-order valence-electron chi connectivity index (χ2n) is 9.77. The van der Waals surface area contributed by atoms with Crippen LogP contribution in [0.15, 0.2) is 35.1 Å². The summed E-state index contributed by atoms with van der Waals surface area (Å²) in [4.78, 5) is 28.4. The lowest BCUT2D eigenvalue weighted by molar-refractivity contribution is -0.0506. The molecule has 0 radical (unpaired) electrons. The van der Waals surface area contributed by atoms with Crippen LogP contribution in [0.5, 0.6) is 5.75 Å². The van der Waals surface area contributed by atoms with Gasteiger partial charge in [-0.1, -0.05) is 18.2 Å². The van der Waals surface area contributed by atoms with Crippen molar-refractivity contribution in [3.05, 3.63) is 63.2 Å². The summed E-state index contributed by atoms with van der Waals surface area (Å²) in [6.07, 6.45) is 2.62. The fourth-order valence-corrected chi connectivity index (χ4v) is 6.29. The number of alkyl halides is 2. The van der Waals surface area contributed by atoms with Gasteiger partial charge in [-0.15, -0.1) is 0 Å². The van der Waals surface area contributed by atoms with Gasteiger partial charge in [0.1, 0.15) is 5.75 Å². The molecule has 3 heterocycles. The van der Waals surface area contributed by atoms with E-state index >= 15 is 0 Å². The number of nitrogens with one attached hydrogen (secondary N) is 2. The number of rotatable bonds is 8. The normalized spacial score (nSPS) is 16.2. The summed E-state index contributed by atoms with van der Waals surface area (Å²) in [7, 11) is -3.24. The van der Waals surface area contributed by atoms with Gasteiger partial charge >= 0.3 is 6.61 Å². The molecule has 1 unspecified atom stereocenters. The van der Waals surface area contributed by atoms with E-state index in [1.165, 1.54) is 16.6 Å². The average Bonchev–Trinajstić information content (AvgIpc) is 3.13. The predicted molar refractivity (Wildman–Crippen MR) is 140 cm³/mol. The second kappa shape index (κ2) is 10.9. The smallest absolute Gasteiger partial charge is 0.387 e. The lowest BCUT2D eigenvalue weighted by Gasteiger charge is -2.35. The van der Waals surface area contributed by atoms with Crippen LogP contribution in [0.25, 0.3) is 10.9 Å². The standard InChI is InChI=1S/C26H32F2N4O5S/c1-15-13-22(37-26(27)28)20(24(33)30-15)14-29-25(34)23-17(3)32(21-8-6-5-7-19(21)23)16(2)18-9-11-31(12-10-18)38(4,35)36/h5-8,13,16,18,26H,9-12,14H2,1-4H3,(H,29,34)(H,30,33). The summed E-state index contributed by atoms with van der Waals surface area (Å²) >= 11 is 0. The van der Waals surface area contributed by atoms with Crippen LogP contribution in [0.1, 0.15) is 53.1 Å². The minimum atomic E-state index is -3.24. The van der Waals surface area contributed by atoms with Crippen LogP contribution in [0.3, 0.4) is 0 Å². The van der Waals surface area contributed by atoms with Gasteiger partial charge in [0.15, 0.2) is 0 Å². The Kier molecular flexibility index (Phi) is 7.93. The fraction of sp³-hybridized carbons (Fsp3) is 0.462. The highest BCUT2D eigenvalue weighted by molar-refractivity contribution is 7.88. The molecule has 1 fully saturated rings. The van der Waals surface area contributed by atoms with E-state index in [4.69, 9.17) is 0 Å². The van der Waals surface area contributed by atoms with Crippen LogP contribution in [-0.2, 0) is 16.6 Å². The van der Waals surface area contributed by atoms with Gasteiger partial charge in [0.2, 0.25) is 10.0 Å². The molecule has 1 amide bonds. The van der Waals surface area contributed by atoms with E-state index in [9.17, 15) is 26.8 Å². The van der Waals surface area contributed by atoms with Crippen LogP contribution >= 0.6 is 0 Å². The molecule has 2 N–H and O–H groups in total. The summed E-state index contributed by atoms with van der Waals surface area (Å²) < 4.78 is 57.8. The van der Waals surface area contributed by atoms with Gasteiger partial charge in [-0.2, -0.15) is 8.78 Å². The molecule has 1 saturated heterocycles. The number of aryl methyl sites for hydroxylation is 1. The van der Waals surface area contributed by atoms with Crippen molar-refractivity contribution in [2.45, 2.75) is 52.8 Å². The molecule has 3 aromatic rings. The van der Waals surface area contributed by atoms with E-state index in [1.807, 2.05) is 31.2 Å². The van der Waals surface area contributed by atoms with Crippen molar-refractivity contribution in [2.75, 3.05) is 19.3 Å². The minimum Gasteiger partial charge on any atom is -0.434 e. The number of para-hydroxylation sites is 1. The van der Waals surface area contributed by atoms with E-state index in [-0.39, 0.29) is 29.8 Å². The number of amides is 1. The first-order valence-corrected chi connectivity index (χ1v) is 14.2. The summed E-state index contributed by atoms with van der Waals surface area (Å²) in [5.41, 5.74) is 1.66. The third-order valence-corrected chi connectivity index (χ3v) is 8.62. The molecule has 12 heteroatoms. The number of pyridine rings is 1. The zero-order valence-corrected chi connectivity index (χ0v) is 22.6. The zero-order valence-electron chi connectivity index (χ0n) is 21.8. The largest absolute Gasteiger partial charge is 0.434 e. The number of carbonyl (C=O) groups is 1. The van der Waals surface area contributed by atoms with Gasteiger partial charge in [-0.25, -0.2) is 12.7 Å². The maximum absolute atomic E-state index is 13.4. The molecule has 1 aliphatic rings. The van der Waals surface area contributed by atoms with E-state index < -0.39 is 28.1 Å². The highest BCUT2D eigenvalue weighted by atomic mass is 32.2. The van der Waals surface area contributed by atoms with E-state index in [0.29, 0.717) is 37.2 Å². The molecule has 38 heavy (non-hydrogen) atoms. The van der Waals surface area contributed by atoms with E-state index in [1.54, 1.807) is 6.92 Å². The SMILES string of the molecule is Cc1cc(OC(F)F)c(CNC(=O)c2c(C)n(C(C)C3CCN(S(C)(=O)=O)CC3)c3ccccc23)c(=O)[nH]1. The van der Waals surface area contributed by atoms with Crippen LogP contribution < -0.4 is 15.6 Å². The second-order valence-corrected chi connectivity index (χ2v) is 11.8. The Bertz CT molecular complexity index is 1510. The topological polar surface area (TPSA) is 114 Å². The molecule has 206 valence electrons. The molecule has 0 spiro atoms. The maximum atomic E-state index is 13.4. The van der Waals surface area contributed by atoms with Crippen LogP contribution in [0.2, 0.25) is 0 Å². The van der Waals surface area contributed by atoms with Gasteiger partial charge in [0.25, 0.3) is 11.5 Å². The van der Waals surface area contributed by atoms with Crippen LogP contribution in [0, 0.1) is 19.8 Å². The molecule has 1 aliphatic heterocycles. The highest BCUT2D eigenvalue weighted by Gasteiger charge is 2.31. The Labute approximate surface area is 219 Å². The van der Waals surface area contributed by atoms with Gasteiger partial charge in [0.05, 0.1) is 23.9 Å². The van der Waals surface area contributed by atoms with Gasteiger partial charge in [-0.3, -0.25) is 9.59 Å². The summed E-state index contributed by atoms with van der Waals surface area (Å²) in [5.74, 6) is -0.520. The Morgan fingerprint density at radius 3 is 2.50 bits per heavy atom. The molecular formula is C26H32F2N4O5S. The minimum absolute atomic E-state index is 0.00542. The number of piperidine rings is 1. The number of fused-ring (bicyclic) bond motifs is 1. The van der Waals surface area contributed by atoms with Gasteiger partial charge in [-0.05, 0) is 45.6 Å². The molecule has 1 atom stereocenters. The lowest BCUT2D eigenvalue weighted by atomic mass is 9.91. The quantitative estimate of drug-likeness (QED) is 0.444. The van der Waals surface area contributed by atoms with Crippen molar-refractivity contribution in [1.29, 1.82) is 0 Å². The highest BCUT2D eigenvalue weighted by Crippen LogP contribution is 2.36. The molecule has 0 aliphatic carbocycles. The Morgan fingerprint density at radius 2 is 1.87 bits per heavy atom. The number of nitrogens with zero attached hydrogens (tertiary/aromatic N) is 2. The van der Waals surface area contributed by atoms with Crippen LogP contribution in [-0.4, -0.2) is 54.1 Å². The molecule has 4 rings (SSSR count). The number of aromatic amines is 1. The fourth-order valence-electron chi connectivity index (χ4n) is 5.42. The zero-order chi connectivity index (χ0) is 27.8. The number of halogens is 2. The number of benzene rings is 1. The number of H-pyrrole nitrogens is 1. The molecule has 9 nitrogen and oxygen atoms in total. The van der Waals surface area contributed by atoms with E-state index in [0.717, 1.165) is 16.6 Å².